The maximum absolute atomic E-state index is 13.1. The molecule has 0 bridgehead atoms. The summed E-state index contributed by atoms with van der Waals surface area (Å²) in [6, 6.07) is 9.30. The van der Waals surface area contributed by atoms with Crippen LogP contribution in [0.2, 0.25) is 0 Å². The lowest BCUT2D eigenvalue weighted by Gasteiger charge is -2.35. The van der Waals surface area contributed by atoms with Crippen LogP contribution in [0, 0.1) is 17.3 Å². The van der Waals surface area contributed by atoms with E-state index in [1.54, 1.807) is 0 Å². The molecule has 1 aromatic rings. The lowest BCUT2D eigenvalue weighted by Crippen LogP contribution is -2.57. The molecule has 172 valence electrons. The second-order valence-electron chi connectivity index (χ2n) is 9.36. The minimum atomic E-state index is -1.67. The van der Waals surface area contributed by atoms with E-state index < -0.39 is 41.5 Å². The lowest BCUT2D eigenvalue weighted by atomic mass is 9.83. The van der Waals surface area contributed by atoms with Crippen LogP contribution in [0.25, 0.3) is 0 Å². The summed E-state index contributed by atoms with van der Waals surface area (Å²) in [5.74, 6) is -1.96. The zero-order valence-electron chi connectivity index (χ0n) is 18.8. The van der Waals surface area contributed by atoms with Crippen molar-refractivity contribution in [3.8, 4) is 0 Å². The molecular weight excluding hydrogens is 400 g/mol. The summed E-state index contributed by atoms with van der Waals surface area (Å²) < 4.78 is 0. The van der Waals surface area contributed by atoms with E-state index in [0.717, 1.165) is 5.56 Å². The van der Waals surface area contributed by atoms with Gasteiger partial charge < -0.3 is 15.3 Å². The first-order valence-electron chi connectivity index (χ1n) is 10.5. The van der Waals surface area contributed by atoms with Gasteiger partial charge in [-0.3, -0.25) is 14.8 Å². The van der Waals surface area contributed by atoms with Gasteiger partial charge in [0.15, 0.2) is 6.17 Å². The highest BCUT2D eigenvalue weighted by atomic mass is 16.7. The SMILES string of the molecule is CC(C)CC(C(=O)NC(C1N=C(Cc2ccccc2)ON1)C(C)(C)C)C(O)C(=O)NO. The van der Waals surface area contributed by atoms with Gasteiger partial charge in [0, 0.05) is 0 Å². The van der Waals surface area contributed by atoms with Crippen LogP contribution in [0.5, 0.6) is 0 Å². The van der Waals surface area contributed by atoms with E-state index in [1.165, 1.54) is 5.48 Å². The molecule has 9 nitrogen and oxygen atoms in total. The Morgan fingerprint density at radius 3 is 2.39 bits per heavy atom. The molecule has 1 aliphatic heterocycles. The van der Waals surface area contributed by atoms with Crippen molar-refractivity contribution >= 4 is 17.7 Å². The van der Waals surface area contributed by atoms with Gasteiger partial charge in [-0.1, -0.05) is 65.0 Å². The fourth-order valence-corrected chi connectivity index (χ4v) is 3.50. The molecule has 0 spiro atoms. The first-order chi connectivity index (χ1) is 14.5. The van der Waals surface area contributed by atoms with Crippen molar-refractivity contribution in [2.45, 2.75) is 65.8 Å². The number of hydrogen-bond donors (Lipinski definition) is 5. The Kier molecular flexibility index (Phi) is 8.55. The Morgan fingerprint density at radius 2 is 1.84 bits per heavy atom. The predicted molar refractivity (Wildman–Crippen MR) is 116 cm³/mol. The minimum Gasteiger partial charge on any atom is -0.391 e. The highest BCUT2D eigenvalue weighted by Gasteiger charge is 2.40. The Hall–Kier alpha value is -2.49. The summed E-state index contributed by atoms with van der Waals surface area (Å²) in [5.41, 5.74) is 4.94. The number of rotatable bonds is 9. The number of carbonyl (C=O) groups excluding carboxylic acids is 2. The zero-order valence-corrected chi connectivity index (χ0v) is 18.8. The zero-order chi connectivity index (χ0) is 23.2. The average Bonchev–Trinajstić information content (AvgIpc) is 3.16. The molecule has 0 saturated heterocycles. The summed E-state index contributed by atoms with van der Waals surface area (Å²) in [6.45, 7) is 9.64. The van der Waals surface area contributed by atoms with Crippen LogP contribution in [0.15, 0.2) is 35.3 Å². The van der Waals surface area contributed by atoms with E-state index in [-0.39, 0.29) is 12.3 Å². The maximum atomic E-state index is 13.1. The van der Waals surface area contributed by atoms with Crippen molar-refractivity contribution in [2.24, 2.45) is 22.2 Å². The molecule has 2 rings (SSSR count). The van der Waals surface area contributed by atoms with Gasteiger partial charge in [-0.25, -0.2) is 10.5 Å². The third kappa shape index (κ3) is 7.02. The van der Waals surface area contributed by atoms with Crippen LogP contribution in [0.1, 0.15) is 46.6 Å². The van der Waals surface area contributed by atoms with Crippen LogP contribution >= 0.6 is 0 Å². The van der Waals surface area contributed by atoms with Crippen LogP contribution in [0.4, 0.5) is 0 Å². The molecule has 4 atom stereocenters. The third-order valence-electron chi connectivity index (χ3n) is 5.15. The molecule has 0 aliphatic carbocycles. The standard InChI is InChI=1S/C22H34N4O5/c1-13(2)11-15(17(27)21(29)25-30)20(28)24-18(22(3,4)5)19-23-16(31-26-19)12-14-9-7-6-8-10-14/h6-10,13,15,17-19,26-27,30H,11-12H2,1-5H3,(H,24,28)(H,25,29). The van der Waals surface area contributed by atoms with Gasteiger partial charge in [-0.15, -0.1) is 5.48 Å². The van der Waals surface area contributed by atoms with Crippen molar-refractivity contribution in [3.63, 3.8) is 0 Å². The predicted octanol–water partition coefficient (Wildman–Crippen LogP) is 1.55. The van der Waals surface area contributed by atoms with Gasteiger partial charge in [0.05, 0.1) is 18.4 Å². The lowest BCUT2D eigenvalue weighted by molar-refractivity contribution is -0.147. The average molecular weight is 435 g/mol. The number of carbonyl (C=O) groups is 2. The molecule has 1 aliphatic rings. The van der Waals surface area contributed by atoms with E-state index in [1.807, 2.05) is 65.0 Å². The fraction of sp³-hybridized carbons (Fsp3) is 0.591. The van der Waals surface area contributed by atoms with Crippen LogP contribution in [-0.2, 0) is 20.8 Å². The topological polar surface area (TPSA) is 132 Å². The highest BCUT2D eigenvalue weighted by Crippen LogP contribution is 2.26. The van der Waals surface area contributed by atoms with Crippen LogP contribution in [0.3, 0.4) is 0 Å². The second-order valence-corrected chi connectivity index (χ2v) is 9.36. The summed E-state index contributed by atoms with van der Waals surface area (Å²) in [4.78, 5) is 35.0. The summed E-state index contributed by atoms with van der Waals surface area (Å²) in [5, 5.41) is 22.1. The highest BCUT2D eigenvalue weighted by molar-refractivity contribution is 5.89. The normalized spacial score (nSPS) is 19.2. The van der Waals surface area contributed by atoms with Crippen LogP contribution < -0.4 is 16.3 Å². The quantitative estimate of drug-likeness (QED) is 0.296. The maximum Gasteiger partial charge on any atom is 0.272 e. The van der Waals surface area contributed by atoms with E-state index in [2.05, 4.69) is 15.8 Å². The van der Waals surface area contributed by atoms with Gasteiger partial charge >= 0.3 is 0 Å². The number of benzene rings is 1. The summed E-state index contributed by atoms with van der Waals surface area (Å²) >= 11 is 0. The van der Waals surface area contributed by atoms with Gasteiger partial charge in [0.25, 0.3) is 5.91 Å². The fourth-order valence-electron chi connectivity index (χ4n) is 3.50. The van der Waals surface area contributed by atoms with Gasteiger partial charge in [-0.05, 0) is 23.3 Å². The van der Waals surface area contributed by atoms with Gasteiger partial charge in [-0.2, -0.15) is 0 Å². The number of hydrogen-bond acceptors (Lipinski definition) is 7. The van der Waals surface area contributed by atoms with E-state index >= 15 is 0 Å². The van der Waals surface area contributed by atoms with Crippen molar-refractivity contribution in [1.82, 2.24) is 16.3 Å². The molecule has 0 fully saturated rings. The Morgan fingerprint density at radius 1 is 1.19 bits per heavy atom. The molecule has 0 aromatic heterocycles. The molecule has 2 amide bonds. The molecule has 4 unspecified atom stereocenters. The molecule has 5 N–H and O–H groups in total. The van der Waals surface area contributed by atoms with Crippen molar-refractivity contribution in [3.05, 3.63) is 35.9 Å². The molecule has 9 heteroatoms. The number of aliphatic imine (C=N–C) groups is 1. The first-order valence-corrected chi connectivity index (χ1v) is 10.5. The summed E-state index contributed by atoms with van der Waals surface area (Å²) in [7, 11) is 0. The van der Waals surface area contributed by atoms with Crippen molar-refractivity contribution in [1.29, 1.82) is 0 Å². The van der Waals surface area contributed by atoms with Gasteiger partial charge in [0.2, 0.25) is 11.8 Å². The Labute approximate surface area is 183 Å². The minimum absolute atomic E-state index is 0.0495. The number of aliphatic hydroxyl groups excluding tert-OH is 1. The smallest absolute Gasteiger partial charge is 0.272 e. The second kappa shape index (κ2) is 10.7. The monoisotopic (exact) mass is 434 g/mol. The number of hydroxylamine groups is 2. The third-order valence-corrected chi connectivity index (χ3v) is 5.15. The molecule has 0 saturated carbocycles. The molecule has 1 heterocycles. The summed E-state index contributed by atoms with van der Waals surface area (Å²) in [6.07, 6.45) is -1.42. The number of nitrogens with one attached hydrogen (secondary N) is 3. The van der Waals surface area contributed by atoms with Crippen molar-refractivity contribution in [2.75, 3.05) is 0 Å². The Balaban J connectivity index is 2.18. The molecular formula is C22H34N4O5. The molecule has 31 heavy (non-hydrogen) atoms. The van der Waals surface area contributed by atoms with E-state index in [0.29, 0.717) is 12.3 Å². The van der Waals surface area contributed by atoms with E-state index in [4.69, 9.17) is 10.0 Å². The molecule has 1 aromatic carbocycles. The van der Waals surface area contributed by atoms with Crippen LogP contribution in [-0.4, -0.2) is 46.3 Å². The number of amides is 2. The first kappa shape index (κ1) is 24.8. The Bertz CT molecular complexity index is 776. The molecule has 0 radical (unpaired) electrons. The van der Waals surface area contributed by atoms with Gasteiger partial charge in [0.1, 0.15) is 6.10 Å². The number of nitrogens with zero attached hydrogens (tertiary/aromatic N) is 1. The number of aliphatic hydroxyl groups is 1. The van der Waals surface area contributed by atoms with Crippen molar-refractivity contribution < 1.29 is 24.7 Å². The van der Waals surface area contributed by atoms with E-state index in [9.17, 15) is 14.7 Å². The largest absolute Gasteiger partial charge is 0.391 e.